The van der Waals surface area contributed by atoms with Gasteiger partial charge in [0.05, 0.1) is 11.1 Å². The highest BCUT2D eigenvalue weighted by Crippen LogP contribution is 2.31. The number of anilines is 1. The maximum Gasteiger partial charge on any atom is 0.251 e. The zero-order chi connectivity index (χ0) is 19.4. The Hall–Kier alpha value is -2.73. The topological polar surface area (TPSA) is 79.8 Å². The SMILES string of the molecule is CNC(=O)c1ccnc2c(C(C)C(C)CNc3cc(Cl)ncn3)cccc12. The second-order valence-corrected chi connectivity index (χ2v) is 6.94. The van der Waals surface area contributed by atoms with Gasteiger partial charge in [-0.3, -0.25) is 9.78 Å². The summed E-state index contributed by atoms with van der Waals surface area (Å²) in [5.41, 5.74) is 2.62. The van der Waals surface area contributed by atoms with Crippen LogP contribution in [0.3, 0.4) is 0 Å². The standard InChI is InChI=1S/C20H22ClN5O/c1-12(10-24-18-9-17(21)25-11-26-18)13(2)14-5-4-6-15-16(20(27)22-3)7-8-23-19(14)15/h4-9,11-13H,10H2,1-3H3,(H,22,27)(H,24,25,26). The van der Waals surface area contributed by atoms with Crippen molar-refractivity contribution in [3.05, 3.63) is 59.1 Å². The maximum atomic E-state index is 12.2. The molecular formula is C20H22ClN5O. The Morgan fingerprint density at radius 1 is 1.19 bits per heavy atom. The number of rotatable bonds is 6. The van der Waals surface area contributed by atoms with Crippen LogP contribution in [0.15, 0.2) is 42.9 Å². The molecule has 0 aliphatic rings. The second kappa shape index (κ2) is 8.31. The molecule has 0 aliphatic heterocycles. The molecule has 2 unspecified atom stereocenters. The van der Waals surface area contributed by atoms with Crippen LogP contribution in [0.1, 0.15) is 35.7 Å². The highest BCUT2D eigenvalue weighted by atomic mass is 35.5. The fourth-order valence-electron chi connectivity index (χ4n) is 3.08. The van der Waals surface area contributed by atoms with Gasteiger partial charge in [-0.1, -0.05) is 43.6 Å². The van der Waals surface area contributed by atoms with Gasteiger partial charge < -0.3 is 10.6 Å². The van der Waals surface area contributed by atoms with E-state index in [1.165, 1.54) is 6.33 Å². The summed E-state index contributed by atoms with van der Waals surface area (Å²) in [6.07, 6.45) is 3.13. The van der Waals surface area contributed by atoms with Crippen molar-refractivity contribution < 1.29 is 4.79 Å². The lowest BCUT2D eigenvalue weighted by Gasteiger charge is -2.22. The highest BCUT2D eigenvalue weighted by molar-refractivity contribution is 6.29. The first-order valence-corrected chi connectivity index (χ1v) is 9.20. The smallest absolute Gasteiger partial charge is 0.251 e. The van der Waals surface area contributed by atoms with Gasteiger partial charge in [0, 0.05) is 31.2 Å². The van der Waals surface area contributed by atoms with Crippen LogP contribution in [0.4, 0.5) is 5.82 Å². The van der Waals surface area contributed by atoms with E-state index < -0.39 is 0 Å². The number of fused-ring (bicyclic) bond motifs is 1. The minimum absolute atomic E-state index is 0.109. The van der Waals surface area contributed by atoms with Crippen molar-refractivity contribution in [2.75, 3.05) is 18.9 Å². The van der Waals surface area contributed by atoms with E-state index in [9.17, 15) is 4.79 Å². The third kappa shape index (κ3) is 4.17. The maximum absolute atomic E-state index is 12.2. The fraction of sp³-hybridized carbons (Fsp3) is 0.300. The monoisotopic (exact) mass is 383 g/mol. The van der Waals surface area contributed by atoms with E-state index in [-0.39, 0.29) is 11.8 Å². The predicted octanol–water partition coefficient (Wildman–Crippen LogP) is 3.89. The molecule has 0 fully saturated rings. The molecule has 0 spiro atoms. The quantitative estimate of drug-likeness (QED) is 0.631. The van der Waals surface area contributed by atoms with Crippen molar-refractivity contribution in [2.45, 2.75) is 19.8 Å². The van der Waals surface area contributed by atoms with E-state index in [0.29, 0.717) is 22.5 Å². The third-order valence-corrected chi connectivity index (χ3v) is 5.06. The van der Waals surface area contributed by atoms with E-state index in [2.05, 4.69) is 45.5 Å². The van der Waals surface area contributed by atoms with Gasteiger partial charge in [0.1, 0.15) is 17.3 Å². The van der Waals surface area contributed by atoms with Crippen molar-refractivity contribution in [1.29, 1.82) is 0 Å². The van der Waals surface area contributed by atoms with Gasteiger partial charge >= 0.3 is 0 Å². The molecule has 0 saturated heterocycles. The zero-order valence-corrected chi connectivity index (χ0v) is 16.3. The summed E-state index contributed by atoms with van der Waals surface area (Å²) in [6.45, 7) is 5.06. The molecule has 27 heavy (non-hydrogen) atoms. The Balaban J connectivity index is 1.84. The molecule has 0 bridgehead atoms. The van der Waals surface area contributed by atoms with Gasteiger partial charge in [-0.15, -0.1) is 0 Å². The number of benzene rings is 1. The van der Waals surface area contributed by atoms with E-state index in [1.54, 1.807) is 25.4 Å². The molecule has 2 N–H and O–H groups in total. The molecular weight excluding hydrogens is 362 g/mol. The molecule has 3 aromatic rings. The van der Waals surface area contributed by atoms with Crippen LogP contribution in [-0.2, 0) is 0 Å². The zero-order valence-electron chi connectivity index (χ0n) is 15.5. The summed E-state index contributed by atoms with van der Waals surface area (Å²) < 4.78 is 0. The number of nitrogens with one attached hydrogen (secondary N) is 2. The van der Waals surface area contributed by atoms with Gasteiger partial charge in [0.15, 0.2) is 0 Å². The van der Waals surface area contributed by atoms with Crippen molar-refractivity contribution in [3.8, 4) is 0 Å². The highest BCUT2D eigenvalue weighted by Gasteiger charge is 2.19. The number of nitrogens with zero attached hydrogens (tertiary/aromatic N) is 3. The minimum Gasteiger partial charge on any atom is -0.370 e. The number of amides is 1. The Labute approximate surface area is 163 Å². The lowest BCUT2D eigenvalue weighted by molar-refractivity contribution is 0.0964. The number of hydrogen-bond acceptors (Lipinski definition) is 5. The number of carbonyl (C=O) groups is 1. The summed E-state index contributed by atoms with van der Waals surface area (Å²) in [5, 5.41) is 7.27. The number of hydrogen-bond donors (Lipinski definition) is 2. The van der Waals surface area contributed by atoms with Crippen LogP contribution in [0.25, 0.3) is 10.9 Å². The molecule has 3 rings (SSSR count). The lowest BCUT2D eigenvalue weighted by atomic mass is 9.87. The molecule has 2 atom stereocenters. The number of halogens is 1. The van der Waals surface area contributed by atoms with Crippen LogP contribution >= 0.6 is 11.6 Å². The van der Waals surface area contributed by atoms with Crippen LogP contribution in [0.5, 0.6) is 0 Å². The van der Waals surface area contributed by atoms with E-state index in [0.717, 1.165) is 23.0 Å². The molecule has 1 amide bonds. The van der Waals surface area contributed by atoms with Gasteiger partial charge in [-0.2, -0.15) is 0 Å². The minimum atomic E-state index is -0.109. The lowest BCUT2D eigenvalue weighted by Crippen LogP contribution is -2.19. The summed E-state index contributed by atoms with van der Waals surface area (Å²) >= 11 is 5.90. The number of pyridine rings is 1. The van der Waals surface area contributed by atoms with Crippen molar-refractivity contribution in [2.24, 2.45) is 5.92 Å². The van der Waals surface area contributed by atoms with Crippen LogP contribution < -0.4 is 10.6 Å². The predicted molar refractivity (Wildman–Crippen MR) is 108 cm³/mol. The molecule has 0 saturated carbocycles. The molecule has 7 heteroatoms. The largest absolute Gasteiger partial charge is 0.370 e. The summed E-state index contributed by atoms with van der Waals surface area (Å²) in [5.74, 6) is 1.12. The van der Waals surface area contributed by atoms with E-state index in [1.807, 2.05) is 12.1 Å². The summed E-state index contributed by atoms with van der Waals surface area (Å²) in [6, 6.07) is 9.45. The molecule has 6 nitrogen and oxygen atoms in total. The van der Waals surface area contributed by atoms with Crippen molar-refractivity contribution in [3.63, 3.8) is 0 Å². The molecule has 2 heterocycles. The number of carbonyl (C=O) groups excluding carboxylic acids is 1. The number of para-hydroxylation sites is 1. The third-order valence-electron chi connectivity index (χ3n) is 4.86. The van der Waals surface area contributed by atoms with Crippen LogP contribution in [-0.4, -0.2) is 34.5 Å². The first kappa shape index (κ1) is 19.0. The van der Waals surface area contributed by atoms with E-state index >= 15 is 0 Å². The Bertz CT molecular complexity index is 962. The van der Waals surface area contributed by atoms with E-state index in [4.69, 9.17) is 11.6 Å². The average molecular weight is 384 g/mol. The number of aromatic nitrogens is 3. The summed E-state index contributed by atoms with van der Waals surface area (Å²) in [4.78, 5) is 24.8. The Kier molecular flexibility index (Phi) is 5.86. The van der Waals surface area contributed by atoms with Crippen molar-refractivity contribution in [1.82, 2.24) is 20.3 Å². The normalized spacial score (nSPS) is 13.2. The molecule has 2 aromatic heterocycles. The first-order valence-electron chi connectivity index (χ1n) is 8.82. The molecule has 0 aliphatic carbocycles. The van der Waals surface area contributed by atoms with Crippen LogP contribution in [0.2, 0.25) is 5.15 Å². The molecule has 140 valence electrons. The van der Waals surface area contributed by atoms with Gasteiger partial charge in [0.25, 0.3) is 5.91 Å². The second-order valence-electron chi connectivity index (χ2n) is 6.55. The molecule has 0 radical (unpaired) electrons. The van der Waals surface area contributed by atoms with Crippen LogP contribution in [0, 0.1) is 5.92 Å². The summed E-state index contributed by atoms with van der Waals surface area (Å²) in [7, 11) is 1.63. The van der Waals surface area contributed by atoms with Gasteiger partial charge in [0.2, 0.25) is 0 Å². The van der Waals surface area contributed by atoms with Gasteiger partial charge in [-0.25, -0.2) is 9.97 Å². The van der Waals surface area contributed by atoms with Gasteiger partial charge in [-0.05, 0) is 23.5 Å². The van der Waals surface area contributed by atoms with Crippen molar-refractivity contribution >= 4 is 34.2 Å². The average Bonchev–Trinajstić information content (AvgIpc) is 2.70. The first-order chi connectivity index (χ1) is 13.0. The fourth-order valence-corrected chi connectivity index (χ4v) is 3.23. The Morgan fingerprint density at radius 3 is 2.74 bits per heavy atom. The Morgan fingerprint density at radius 2 is 2.00 bits per heavy atom. The molecule has 1 aromatic carbocycles.